The number of aromatic hydroxyl groups is 6. The van der Waals surface area contributed by atoms with E-state index in [1.165, 1.54) is 48.5 Å². The summed E-state index contributed by atoms with van der Waals surface area (Å²) in [5.41, 5.74) is -4.06. The van der Waals surface area contributed by atoms with Crippen LogP contribution in [0.3, 0.4) is 0 Å². The number of rotatable bonds is 8. The van der Waals surface area contributed by atoms with Crippen LogP contribution in [0.25, 0.3) is 44.6 Å². The van der Waals surface area contributed by atoms with Crippen LogP contribution < -0.4 is 10.9 Å². The van der Waals surface area contributed by atoms with E-state index in [0.29, 0.717) is 0 Å². The molecular formula is C45H44O18. The van der Waals surface area contributed by atoms with Crippen molar-refractivity contribution < 1.29 is 80.3 Å². The summed E-state index contributed by atoms with van der Waals surface area (Å²) in [6.45, 7) is -1.33. The van der Waals surface area contributed by atoms with E-state index >= 15 is 4.79 Å². The molecule has 2 fully saturated rings. The molecule has 0 radical (unpaired) electrons. The van der Waals surface area contributed by atoms with Gasteiger partial charge in [0.25, 0.3) is 0 Å². The highest BCUT2D eigenvalue weighted by molar-refractivity contribution is 5.93. The minimum Gasteiger partial charge on any atom is -0.508 e. The third kappa shape index (κ3) is 7.19. The zero-order chi connectivity index (χ0) is 45.3. The molecule has 0 saturated heterocycles. The van der Waals surface area contributed by atoms with Gasteiger partial charge >= 0.3 is 0 Å². The fourth-order valence-electron chi connectivity index (χ4n) is 9.24. The van der Waals surface area contributed by atoms with E-state index in [1.54, 1.807) is 0 Å². The summed E-state index contributed by atoms with van der Waals surface area (Å²) in [4.78, 5) is 29.2. The van der Waals surface area contributed by atoms with E-state index in [2.05, 4.69) is 0 Å². The van der Waals surface area contributed by atoms with Crippen molar-refractivity contribution in [3.8, 4) is 57.1 Å². The molecule has 6 aromatic rings. The van der Waals surface area contributed by atoms with Gasteiger partial charge in [0.2, 0.25) is 5.43 Å². The van der Waals surface area contributed by atoms with Crippen LogP contribution in [0, 0.1) is 11.8 Å². The lowest BCUT2D eigenvalue weighted by Crippen LogP contribution is -2.51. The van der Waals surface area contributed by atoms with E-state index in [4.69, 9.17) is 8.83 Å². The molecule has 0 spiro atoms. The smallest absolute Gasteiger partial charge is 0.200 e. The average Bonchev–Trinajstić information content (AvgIpc) is 3.25. The van der Waals surface area contributed by atoms with E-state index < -0.39 is 147 Å². The first kappa shape index (κ1) is 43.4. The molecule has 18 nitrogen and oxygen atoms in total. The fourth-order valence-corrected chi connectivity index (χ4v) is 9.24. The van der Waals surface area contributed by atoms with Crippen molar-refractivity contribution in [1.82, 2.24) is 0 Å². The van der Waals surface area contributed by atoms with Gasteiger partial charge < -0.3 is 80.3 Å². The Hall–Kier alpha value is -6.22. The minimum absolute atomic E-state index is 0.119. The molecule has 2 aliphatic carbocycles. The predicted octanol–water partition coefficient (Wildman–Crippen LogP) is 1.41. The van der Waals surface area contributed by atoms with Crippen LogP contribution >= 0.6 is 0 Å². The quantitative estimate of drug-likeness (QED) is 0.103. The standard InChI is InChI=1S/C45H44O18/c46-14-18-9-22(38(56)42(60)34(18)52)30-26(50)13-29-33(40(30)58)37(55)24(44(63-29)17-3-7-21(49)8-4-17)11-25-36(54)31(23-10-19(15-47)35(53)43(61)39(23)57)41(59)32-27(51)12-28(62-45(25)32)16-1-5-20(48)6-2-16/h1-8,12-13,18-19,22-23,34-35,38-39,42-43,46-50,52-54,56-61H,9-11,14-15H2. The van der Waals surface area contributed by atoms with E-state index in [0.717, 1.165) is 12.1 Å². The van der Waals surface area contributed by atoms with Crippen molar-refractivity contribution in [3.63, 3.8) is 0 Å². The number of benzene rings is 4. The van der Waals surface area contributed by atoms with Gasteiger partial charge in [-0.1, -0.05) is 0 Å². The van der Waals surface area contributed by atoms with Crippen molar-refractivity contribution in [2.24, 2.45) is 11.8 Å². The number of phenols is 6. The molecule has 4 aromatic carbocycles. The number of aliphatic hydroxyl groups is 8. The Morgan fingerprint density at radius 2 is 1.05 bits per heavy atom. The van der Waals surface area contributed by atoms with Gasteiger partial charge in [0, 0.05) is 88.8 Å². The SMILES string of the molecule is O=c1c(Cc2c(O)c(C3CC(CO)C(O)C(O)C3O)c(O)c3c(=O)cc(-c4ccc(O)cc4)oc23)c(-c2ccc(O)cc2)oc2cc(O)c(C3CC(CO)C(O)C(O)C3O)c(O)c12. The lowest BCUT2D eigenvalue weighted by molar-refractivity contribution is -0.127. The Bertz CT molecular complexity index is 2830. The van der Waals surface area contributed by atoms with Crippen molar-refractivity contribution in [1.29, 1.82) is 0 Å². The second-order valence-corrected chi connectivity index (χ2v) is 16.3. The molecule has 0 aliphatic heterocycles. The maximum absolute atomic E-state index is 15.1. The van der Waals surface area contributed by atoms with Crippen LogP contribution in [0.1, 0.15) is 46.9 Å². The average molecular weight is 873 g/mol. The van der Waals surface area contributed by atoms with Crippen LogP contribution in [0.15, 0.2) is 79.1 Å². The zero-order valence-corrected chi connectivity index (χ0v) is 33.0. The Kier molecular flexibility index (Phi) is 11.4. The van der Waals surface area contributed by atoms with Crippen molar-refractivity contribution in [3.05, 3.63) is 103 Å². The molecule has 2 aliphatic rings. The second kappa shape index (κ2) is 16.5. The molecule has 10 atom stereocenters. The van der Waals surface area contributed by atoms with Crippen LogP contribution in [0.4, 0.5) is 0 Å². The monoisotopic (exact) mass is 872 g/mol. The third-order valence-electron chi connectivity index (χ3n) is 12.7. The van der Waals surface area contributed by atoms with Gasteiger partial charge in [0.15, 0.2) is 5.43 Å². The Morgan fingerprint density at radius 3 is 1.59 bits per heavy atom. The molecule has 8 rings (SSSR count). The molecule has 0 bridgehead atoms. The van der Waals surface area contributed by atoms with Crippen molar-refractivity contribution in [2.45, 2.75) is 67.7 Å². The summed E-state index contributed by atoms with van der Waals surface area (Å²) >= 11 is 0. The molecule has 332 valence electrons. The number of aliphatic hydroxyl groups excluding tert-OH is 8. The van der Waals surface area contributed by atoms with E-state index in [1.807, 2.05) is 0 Å². The first-order chi connectivity index (χ1) is 30.0. The molecule has 18 heteroatoms. The Balaban J connectivity index is 1.43. The van der Waals surface area contributed by atoms with Crippen LogP contribution in [-0.4, -0.2) is 121 Å². The number of hydrogen-bond donors (Lipinski definition) is 14. The Labute approximate surface area is 354 Å². The highest BCUT2D eigenvalue weighted by Gasteiger charge is 2.47. The maximum Gasteiger partial charge on any atom is 0.200 e. The van der Waals surface area contributed by atoms with Crippen molar-refractivity contribution >= 4 is 21.9 Å². The summed E-state index contributed by atoms with van der Waals surface area (Å²) in [6, 6.07) is 12.7. The summed E-state index contributed by atoms with van der Waals surface area (Å²) in [6.07, 6.45) is -11.9. The molecule has 14 N–H and O–H groups in total. The molecule has 63 heavy (non-hydrogen) atoms. The fraction of sp³-hybridized carbons (Fsp3) is 0.333. The topological polar surface area (TPSA) is 344 Å². The summed E-state index contributed by atoms with van der Waals surface area (Å²) in [5.74, 6) is -8.91. The highest BCUT2D eigenvalue weighted by atomic mass is 16.4. The van der Waals surface area contributed by atoms with Gasteiger partial charge in [-0.3, -0.25) is 9.59 Å². The summed E-state index contributed by atoms with van der Waals surface area (Å²) in [7, 11) is 0. The van der Waals surface area contributed by atoms with Crippen molar-refractivity contribution in [2.75, 3.05) is 13.2 Å². The van der Waals surface area contributed by atoms with Gasteiger partial charge in [-0.05, 0) is 61.4 Å². The van der Waals surface area contributed by atoms with E-state index in [9.17, 15) is 76.3 Å². The molecule has 2 saturated carbocycles. The third-order valence-corrected chi connectivity index (χ3v) is 12.7. The van der Waals surface area contributed by atoms with Gasteiger partial charge in [-0.2, -0.15) is 0 Å². The first-order valence-electron chi connectivity index (χ1n) is 19.9. The van der Waals surface area contributed by atoms with Gasteiger partial charge in [0.05, 0.1) is 24.4 Å². The predicted molar refractivity (Wildman–Crippen MR) is 221 cm³/mol. The second-order valence-electron chi connectivity index (χ2n) is 16.3. The molecule has 2 heterocycles. The Morgan fingerprint density at radius 1 is 0.540 bits per heavy atom. The molecule has 2 aromatic heterocycles. The number of fused-ring (bicyclic) bond motifs is 2. The summed E-state index contributed by atoms with van der Waals surface area (Å²) in [5, 5.41) is 151. The minimum atomic E-state index is -1.89. The number of phenolic OH excluding ortho intramolecular Hbond substituents is 6. The largest absolute Gasteiger partial charge is 0.508 e. The highest BCUT2D eigenvalue weighted by Crippen LogP contribution is 2.51. The van der Waals surface area contributed by atoms with Crippen LogP contribution in [0.2, 0.25) is 0 Å². The first-order valence-corrected chi connectivity index (χ1v) is 19.9. The zero-order valence-electron chi connectivity index (χ0n) is 33.0. The molecule has 0 amide bonds. The lowest BCUT2D eigenvalue weighted by atomic mass is 9.72. The van der Waals surface area contributed by atoms with Crippen LogP contribution in [-0.2, 0) is 6.42 Å². The van der Waals surface area contributed by atoms with E-state index in [-0.39, 0.29) is 58.1 Å². The van der Waals surface area contributed by atoms with Gasteiger partial charge in [0.1, 0.15) is 80.2 Å². The van der Waals surface area contributed by atoms with Gasteiger partial charge in [-0.25, -0.2) is 0 Å². The van der Waals surface area contributed by atoms with Gasteiger partial charge in [-0.15, -0.1) is 0 Å². The number of hydrogen-bond acceptors (Lipinski definition) is 18. The van der Waals surface area contributed by atoms with Crippen LogP contribution in [0.5, 0.6) is 34.5 Å². The summed E-state index contributed by atoms with van der Waals surface area (Å²) < 4.78 is 12.5. The maximum atomic E-state index is 15.1. The molecular weight excluding hydrogens is 828 g/mol. The normalized spacial score (nSPS) is 26.3. The molecule has 10 unspecified atom stereocenters. The lowest BCUT2D eigenvalue weighted by Gasteiger charge is -2.40.